The lowest BCUT2D eigenvalue weighted by Gasteiger charge is -2.37. The van der Waals surface area contributed by atoms with E-state index in [-0.39, 0.29) is 0 Å². The molecule has 4 heteroatoms. The molecule has 4 nitrogen and oxygen atoms in total. The first-order valence-corrected chi connectivity index (χ1v) is 7.30. The number of piperazine rings is 1. The van der Waals surface area contributed by atoms with Gasteiger partial charge in [0.25, 0.3) is 0 Å². The number of nitrogens with zero attached hydrogens (tertiary/aromatic N) is 2. The second kappa shape index (κ2) is 4.56. The summed E-state index contributed by atoms with van der Waals surface area (Å²) in [6.45, 7) is 5.44. The average molecular weight is 268 g/mol. The standard InChI is InChI=1S/C16H20N4/c1-19-6-8-20(9-7-19)16-3-5-18-15-10-12-2-4-17-14(12)11-13(15)16/h2-4,10-11,17-18H,5-9H2,1H3. The highest BCUT2D eigenvalue weighted by atomic mass is 15.3. The van der Waals surface area contributed by atoms with Crippen LogP contribution in [0.3, 0.4) is 0 Å². The minimum Gasteiger partial charge on any atom is -0.381 e. The Kier molecular flexibility index (Phi) is 2.70. The van der Waals surface area contributed by atoms with Crippen molar-refractivity contribution in [2.75, 3.05) is 45.1 Å². The number of likely N-dealkylation sites (N-methyl/N-ethyl adjacent to an activating group) is 1. The van der Waals surface area contributed by atoms with Gasteiger partial charge in [0.1, 0.15) is 0 Å². The van der Waals surface area contributed by atoms with Gasteiger partial charge in [0, 0.05) is 66.8 Å². The molecule has 1 aromatic carbocycles. The van der Waals surface area contributed by atoms with Crippen LogP contribution in [0.5, 0.6) is 0 Å². The molecule has 0 unspecified atom stereocenters. The molecule has 1 fully saturated rings. The minimum atomic E-state index is 0.921. The fraction of sp³-hybridized carbons (Fsp3) is 0.375. The van der Waals surface area contributed by atoms with Crippen molar-refractivity contribution in [3.63, 3.8) is 0 Å². The monoisotopic (exact) mass is 268 g/mol. The number of H-pyrrole nitrogens is 1. The van der Waals surface area contributed by atoms with Gasteiger partial charge in [0.05, 0.1) is 0 Å². The molecule has 2 aliphatic heterocycles. The van der Waals surface area contributed by atoms with Crippen molar-refractivity contribution in [2.24, 2.45) is 0 Å². The quantitative estimate of drug-likeness (QED) is 0.832. The third kappa shape index (κ3) is 1.88. The van der Waals surface area contributed by atoms with Crippen LogP contribution >= 0.6 is 0 Å². The largest absolute Gasteiger partial charge is 0.381 e. The molecule has 2 aliphatic rings. The number of nitrogens with one attached hydrogen (secondary N) is 2. The Hall–Kier alpha value is -1.94. The van der Waals surface area contributed by atoms with Crippen LogP contribution in [0.1, 0.15) is 5.56 Å². The predicted octanol–water partition coefficient (Wildman–Crippen LogP) is 2.18. The first-order valence-electron chi connectivity index (χ1n) is 7.30. The highest BCUT2D eigenvalue weighted by Gasteiger charge is 2.21. The average Bonchev–Trinajstić information content (AvgIpc) is 2.92. The van der Waals surface area contributed by atoms with E-state index in [0.717, 1.165) is 32.7 Å². The van der Waals surface area contributed by atoms with Crippen molar-refractivity contribution in [2.45, 2.75) is 0 Å². The van der Waals surface area contributed by atoms with Crippen molar-refractivity contribution >= 4 is 22.3 Å². The molecule has 0 radical (unpaired) electrons. The van der Waals surface area contributed by atoms with Crippen molar-refractivity contribution in [1.82, 2.24) is 14.8 Å². The zero-order valence-corrected chi connectivity index (χ0v) is 11.8. The number of anilines is 1. The lowest BCUT2D eigenvalue weighted by molar-refractivity contribution is 0.207. The van der Waals surface area contributed by atoms with Crippen LogP contribution in [0.25, 0.3) is 16.6 Å². The zero-order chi connectivity index (χ0) is 13.5. The summed E-state index contributed by atoms with van der Waals surface area (Å²) < 4.78 is 0. The van der Waals surface area contributed by atoms with Gasteiger partial charge >= 0.3 is 0 Å². The Morgan fingerprint density at radius 1 is 1.10 bits per heavy atom. The number of rotatable bonds is 1. The molecular weight excluding hydrogens is 248 g/mol. The van der Waals surface area contributed by atoms with Gasteiger partial charge in [-0.3, -0.25) is 0 Å². The van der Waals surface area contributed by atoms with E-state index in [4.69, 9.17) is 0 Å². The molecule has 2 aromatic rings. The second-order valence-corrected chi connectivity index (χ2v) is 5.72. The molecule has 1 aromatic heterocycles. The van der Waals surface area contributed by atoms with Gasteiger partial charge < -0.3 is 20.1 Å². The molecule has 104 valence electrons. The van der Waals surface area contributed by atoms with E-state index in [0.29, 0.717) is 0 Å². The Balaban J connectivity index is 1.73. The number of hydrogen-bond acceptors (Lipinski definition) is 3. The van der Waals surface area contributed by atoms with E-state index >= 15 is 0 Å². The van der Waals surface area contributed by atoms with Crippen molar-refractivity contribution < 1.29 is 0 Å². The highest BCUT2D eigenvalue weighted by Crippen LogP contribution is 2.33. The zero-order valence-electron chi connectivity index (χ0n) is 11.8. The first kappa shape index (κ1) is 11.9. The van der Waals surface area contributed by atoms with Crippen LogP contribution < -0.4 is 5.32 Å². The SMILES string of the molecule is CN1CCN(C2=CCNc3cc4cc[nH]c4cc32)CC1. The summed E-state index contributed by atoms with van der Waals surface area (Å²) in [7, 11) is 2.20. The van der Waals surface area contributed by atoms with Crippen LogP contribution in [0.4, 0.5) is 5.69 Å². The molecule has 2 N–H and O–H groups in total. The van der Waals surface area contributed by atoms with Gasteiger partial charge in [-0.2, -0.15) is 0 Å². The number of benzene rings is 1. The number of aromatic amines is 1. The van der Waals surface area contributed by atoms with Crippen LogP contribution in [-0.2, 0) is 0 Å². The van der Waals surface area contributed by atoms with Gasteiger partial charge in [-0.15, -0.1) is 0 Å². The molecule has 4 rings (SSSR count). The maximum atomic E-state index is 3.50. The molecule has 0 bridgehead atoms. The number of aromatic nitrogens is 1. The number of fused-ring (bicyclic) bond motifs is 2. The maximum absolute atomic E-state index is 3.50. The van der Waals surface area contributed by atoms with Crippen LogP contribution in [-0.4, -0.2) is 54.6 Å². The van der Waals surface area contributed by atoms with Crippen LogP contribution in [0.15, 0.2) is 30.5 Å². The third-order valence-electron chi connectivity index (χ3n) is 4.40. The fourth-order valence-corrected chi connectivity index (χ4v) is 3.17. The first-order chi connectivity index (χ1) is 9.81. The molecule has 0 spiro atoms. The van der Waals surface area contributed by atoms with Crippen molar-refractivity contribution in [1.29, 1.82) is 0 Å². The van der Waals surface area contributed by atoms with Crippen LogP contribution in [0.2, 0.25) is 0 Å². The Morgan fingerprint density at radius 2 is 1.95 bits per heavy atom. The van der Waals surface area contributed by atoms with Crippen molar-refractivity contribution in [3.05, 3.63) is 36.0 Å². The molecule has 1 saturated heterocycles. The summed E-state index contributed by atoms with van der Waals surface area (Å²) in [5.41, 5.74) is 5.19. The Morgan fingerprint density at radius 3 is 2.80 bits per heavy atom. The van der Waals surface area contributed by atoms with Gasteiger partial charge in [0.2, 0.25) is 0 Å². The predicted molar refractivity (Wildman–Crippen MR) is 83.8 cm³/mol. The molecular formula is C16H20N4. The summed E-state index contributed by atoms with van der Waals surface area (Å²) in [6, 6.07) is 6.66. The van der Waals surface area contributed by atoms with E-state index in [1.54, 1.807) is 0 Å². The normalized spacial score (nSPS) is 19.6. The Bertz CT molecular complexity index is 662. The minimum absolute atomic E-state index is 0.921. The molecule has 3 heterocycles. The van der Waals surface area contributed by atoms with E-state index in [1.807, 2.05) is 6.20 Å². The van der Waals surface area contributed by atoms with E-state index in [1.165, 1.54) is 27.9 Å². The van der Waals surface area contributed by atoms with Crippen LogP contribution in [0, 0.1) is 0 Å². The third-order valence-corrected chi connectivity index (χ3v) is 4.40. The van der Waals surface area contributed by atoms with E-state index in [9.17, 15) is 0 Å². The summed E-state index contributed by atoms with van der Waals surface area (Å²) >= 11 is 0. The van der Waals surface area contributed by atoms with Gasteiger partial charge in [0.15, 0.2) is 0 Å². The highest BCUT2D eigenvalue weighted by molar-refractivity contribution is 5.91. The molecule has 0 aliphatic carbocycles. The fourth-order valence-electron chi connectivity index (χ4n) is 3.17. The maximum Gasteiger partial charge on any atom is 0.0462 e. The second-order valence-electron chi connectivity index (χ2n) is 5.72. The smallest absolute Gasteiger partial charge is 0.0462 e. The topological polar surface area (TPSA) is 34.3 Å². The lowest BCUT2D eigenvalue weighted by Crippen LogP contribution is -2.43. The molecule has 0 atom stereocenters. The molecule has 0 amide bonds. The van der Waals surface area contributed by atoms with Crippen molar-refractivity contribution in [3.8, 4) is 0 Å². The van der Waals surface area contributed by atoms with E-state index < -0.39 is 0 Å². The molecule has 0 saturated carbocycles. The molecule has 20 heavy (non-hydrogen) atoms. The summed E-state index contributed by atoms with van der Waals surface area (Å²) in [5.74, 6) is 0. The van der Waals surface area contributed by atoms with Gasteiger partial charge in [-0.05, 0) is 31.3 Å². The summed E-state index contributed by atoms with van der Waals surface area (Å²) in [5, 5.41) is 4.77. The number of hydrogen-bond donors (Lipinski definition) is 2. The van der Waals surface area contributed by atoms with Gasteiger partial charge in [-0.1, -0.05) is 0 Å². The Labute approximate surface area is 119 Å². The summed E-state index contributed by atoms with van der Waals surface area (Å²) in [6.07, 6.45) is 4.33. The summed E-state index contributed by atoms with van der Waals surface area (Å²) in [4.78, 5) is 8.24. The van der Waals surface area contributed by atoms with Gasteiger partial charge in [-0.25, -0.2) is 0 Å². The van der Waals surface area contributed by atoms with E-state index in [2.05, 4.69) is 51.4 Å². The lowest BCUT2D eigenvalue weighted by atomic mass is 10.0.